The fraction of sp³-hybridized carbons (Fsp3) is 0.188. The predicted molar refractivity (Wildman–Crippen MR) is 94.2 cm³/mol. The van der Waals surface area contributed by atoms with Gasteiger partial charge in [-0.3, -0.25) is 0 Å². The Morgan fingerprint density at radius 1 is 1.28 bits per heavy atom. The monoisotopic (exact) mass is 373 g/mol. The smallest absolute Gasteiger partial charge is 0.210 e. The molecule has 0 fully saturated rings. The lowest BCUT2D eigenvalue weighted by Gasteiger charge is -2.05. The normalized spacial score (nSPS) is 11.3. The van der Waals surface area contributed by atoms with Gasteiger partial charge in [-0.05, 0) is 30.3 Å². The zero-order valence-electron chi connectivity index (χ0n) is 13.2. The highest BCUT2D eigenvalue weighted by atomic mass is 32.2. The van der Waals surface area contributed by atoms with Crippen molar-refractivity contribution in [1.82, 2.24) is 20.1 Å². The zero-order chi connectivity index (χ0) is 17.7. The maximum Gasteiger partial charge on any atom is 0.210 e. The van der Waals surface area contributed by atoms with E-state index in [-0.39, 0.29) is 10.6 Å². The molecule has 0 aliphatic carbocycles. The molecule has 0 radical (unpaired) electrons. The predicted octanol–water partition coefficient (Wildman–Crippen LogP) is 1.76. The number of rotatable bonds is 7. The van der Waals surface area contributed by atoms with Crippen molar-refractivity contribution in [3.05, 3.63) is 59.4 Å². The summed E-state index contributed by atoms with van der Waals surface area (Å²) in [6.45, 7) is 0.874. The molecule has 0 atom stereocenters. The molecule has 1 N–H and O–H groups in total. The molecule has 0 bridgehead atoms. The third kappa shape index (κ3) is 4.30. The minimum absolute atomic E-state index is 0.0102. The maximum absolute atomic E-state index is 12.3. The van der Waals surface area contributed by atoms with E-state index in [1.807, 2.05) is 18.3 Å². The second-order valence-electron chi connectivity index (χ2n) is 5.19. The van der Waals surface area contributed by atoms with E-state index in [4.69, 9.17) is 5.26 Å². The van der Waals surface area contributed by atoms with Crippen molar-refractivity contribution in [3.8, 4) is 11.2 Å². The largest absolute Gasteiger partial charge is 0.311 e. The number of hydrogen-bond acceptors (Lipinski definition) is 7. The number of nitrogens with one attached hydrogen (secondary N) is 1. The van der Waals surface area contributed by atoms with Gasteiger partial charge in [-0.2, -0.15) is 10.4 Å². The summed E-state index contributed by atoms with van der Waals surface area (Å²) in [5.41, 5.74) is 0.440. The summed E-state index contributed by atoms with van der Waals surface area (Å²) >= 11 is 1.50. The highest BCUT2D eigenvalue weighted by molar-refractivity contribution is 7.91. The molecule has 0 spiro atoms. The van der Waals surface area contributed by atoms with Gasteiger partial charge >= 0.3 is 0 Å². The van der Waals surface area contributed by atoms with Crippen molar-refractivity contribution < 1.29 is 8.42 Å². The Bertz CT molecular complexity index is 970. The van der Waals surface area contributed by atoms with Crippen LogP contribution in [0.15, 0.2) is 53.8 Å². The lowest BCUT2D eigenvalue weighted by Crippen LogP contribution is -2.22. The standard InChI is InChI=1S/C16H15N5O2S2/c17-10-13-2-4-15(5-3-13)25(22,23)9-7-18-11-14-12-19-16(24-14)21-8-1-6-20-21/h1-6,8,12,18H,7,9,11H2. The Kier molecular flexibility index (Phi) is 5.23. The molecule has 0 saturated heterocycles. The van der Waals surface area contributed by atoms with Crippen LogP contribution in [0.25, 0.3) is 5.13 Å². The number of aromatic nitrogens is 3. The lowest BCUT2D eigenvalue weighted by molar-refractivity contribution is 0.591. The fourth-order valence-electron chi connectivity index (χ4n) is 2.14. The van der Waals surface area contributed by atoms with Gasteiger partial charge in [0.25, 0.3) is 0 Å². The van der Waals surface area contributed by atoms with Crippen LogP contribution < -0.4 is 5.32 Å². The fourth-order valence-corrected chi connectivity index (χ4v) is 4.16. The van der Waals surface area contributed by atoms with E-state index in [2.05, 4.69) is 15.4 Å². The van der Waals surface area contributed by atoms with E-state index in [0.29, 0.717) is 18.7 Å². The Hall–Kier alpha value is -2.54. The first kappa shape index (κ1) is 17.3. The Morgan fingerprint density at radius 3 is 2.76 bits per heavy atom. The quantitative estimate of drug-likeness (QED) is 0.634. The van der Waals surface area contributed by atoms with Gasteiger partial charge in [-0.15, -0.1) is 0 Å². The van der Waals surface area contributed by atoms with E-state index in [1.54, 1.807) is 17.1 Å². The maximum atomic E-state index is 12.3. The highest BCUT2D eigenvalue weighted by Crippen LogP contribution is 2.16. The average Bonchev–Trinajstić information content (AvgIpc) is 3.30. The number of hydrogen-bond donors (Lipinski definition) is 1. The number of benzene rings is 1. The van der Waals surface area contributed by atoms with Crippen LogP contribution in [-0.4, -0.2) is 35.5 Å². The van der Waals surface area contributed by atoms with Gasteiger partial charge < -0.3 is 5.32 Å². The molecule has 2 aromatic heterocycles. The highest BCUT2D eigenvalue weighted by Gasteiger charge is 2.14. The SMILES string of the molecule is N#Cc1ccc(S(=O)(=O)CCNCc2cnc(-n3cccn3)s2)cc1. The van der Waals surface area contributed by atoms with E-state index < -0.39 is 9.84 Å². The van der Waals surface area contributed by atoms with Gasteiger partial charge in [0.2, 0.25) is 5.13 Å². The Morgan fingerprint density at radius 2 is 2.08 bits per heavy atom. The molecule has 3 aromatic rings. The van der Waals surface area contributed by atoms with E-state index in [0.717, 1.165) is 10.0 Å². The molecule has 0 aliphatic rings. The molecule has 2 heterocycles. The number of sulfone groups is 1. The molecular formula is C16H15N5O2S2. The van der Waals surface area contributed by atoms with Crippen LogP contribution in [0.4, 0.5) is 0 Å². The minimum Gasteiger partial charge on any atom is -0.311 e. The first-order valence-corrected chi connectivity index (χ1v) is 9.94. The molecule has 25 heavy (non-hydrogen) atoms. The van der Waals surface area contributed by atoms with Crippen LogP contribution in [0.2, 0.25) is 0 Å². The summed E-state index contributed by atoms with van der Waals surface area (Å²) in [6.07, 6.45) is 5.26. The third-order valence-corrected chi connectivity index (χ3v) is 6.15. The number of nitriles is 1. The average molecular weight is 373 g/mol. The van der Waals surface area contributed by atoms with E-state index in [1.165, 1.54) is 35.6 Å². The second kappa shape index (κ2) is 7.57. The van der Waals surface area contributed by atoms with Crippen molar-refractivity contribution in [1.29, 1.82) is 5.26 Å². The van der Waals surface area contributed by atoms with Gasteiger partial charge in [0.05, 0.1) is 22.3 Å². The first-order valence-electron chi connectivity index (χ1n) is 7.47. The summed E-state index contributed by atoms with van der Waals surface area (Å²) in [5.74, 6) is -0.0102. The van der Waals surface area contributed by atoms with Crippen molar-refractivity contribution >= 4 is 21.2 Å². The molecule has 0 amide bonds. The summed E-state index contributed by atoms with van der Waals surface area (Å²) in [7, 11) is -3.37. The van der Waals surface area contributed by atoms with E-state index >= 15 is 0 Å². The molecule has 0 unspecified atom stereocenters. The first-order chi connectivity index (χ1) is 12.1. The Labute approximate surface area is 149 Å². The van der Waals surface area contributed by atoms with Gasteiger partial charge in [0.15, 0.2) is 9.84 Å². The van der Waals surface area contributed by atoms with Crippen LogP contribution in [0.3, 0.4) is 0 Å². The van der Waals surface area contributed by atoms with Crippen molar-refractivity contribution in [2.45, 2.75) is 11.4 Å². The summed E-state index contributed by atoms with van der Waals surface area (Å²) in [6, 6.07) is 9.74. The summed E-state index contributed by atoms with van der Waals surface area (Å²) in [5, 5.41) is 16.8. The van der Waals surface area contributed by atoms with Gasteiger partial charge in [0, 0.05) is 36.6 Å². The van der Waals surface area contributed by atoms with Crippen molar-refractivity contribution in [3.63, 3.8) is 0 Å². The second-order valence-corrected chi connectivity index (χ2v) is 8.39. The van der Waals surface area contributed by atoms with Crippen LogP contribution in [0, 0.1) is 11.3 Å². The lowest BCUT2D eigenvalue weighted by atomic mass is 10.2. The van der Waals surface area contributed by atoms with Crippen molar-refractivity contribution in [2.75, 3.05) is 12.3 Å². The molecule has 0 saturated carbocycles. The topological polar surface area (TPSA) is 101 Å². The zero-order valence-corrected chi connectivity index (χ0v) is 14.8. The van der Waals surface area contributed by atoms with Crippen LogP contribution >= 0.6 is 11.3 Å². The molecule has 128 valence electrons. The summed E-state index contributed by atoms with van der Waals surface area (Å²) < 4.78 is 26.2. The van der Waals surface area contributed by atoms with Gasteiger partial charge in [-0.25, -0.2) is 18.1 Å². The van der Waals surface area contributed by atoms with Crippen LogP contribution in [0.5, 0.6) is 0 Å². The molecule has 0 aliphatic heterocycles. The molecular weight excluding hydrogens is 358 g/mol. The Balaban J connectivity index is 1.51. The molecule has 3 rings (SSSR count). The molecule has 7 nitrogen and oxygen atoms in total. The van der Waals surface area contributed by atoms with Crippen LogP contribution in [-0.2, 0) is 16.4 Å². The number of thiazole rings is 1. The molecule has 9 heteroatoms. The minimum atomic E-state index is -3.37. The molecule has 1 aromatic carbocycles. The number of nitrogens with zero attached hydrogens (tertiary/aromatic N) is 4. The van der Waals surface area contributed by atoms with E-state index in [9.17, 15) is 8.42 Å². The van der Waals surface area contributed by atoms with Gasteiger partial charge in [-0.1, -0.05) is 11.3 Å². The van der Waals surface area contributed by atoms with Crippen LogP contribution in [0.1, 0.15) is 10.4 Å². The van der Waals surface area contributed by atoms with Gasteiger partial charge in [0.1, 0.15) is 0 Å². The summed E-state index contributed by atoms with van der Waals surface area (Å²) in [4.78, 5) is 5.51. The third-order valence-electron chi connectivity index (χ3n) is 3.43. The van der Waals surface area contributed by atoms with Crippen molar-refractivity contribution in [2.24, 2.45) is 0 Å².